The molecule has 0 amide bonds. The number of benzene rings is 1. The zero-order valence-corrected chi connectivity index (χ0v) is 18.2. The van der Waals surface area contributed by atoms with Crippen LogP contribution in [0.4, 0.5) is 0 Å². The molecule has 0 spiro atoms. The van der Waals surface area contributed by atoms with Gasteiger partial charge < -0.3 is 0 Å². The quantitative estimate of drug-likeness (QED) is 0.161. The molecule has 0 heterocycles. The Hall–Kier alpha value is -1.21. The van der Waals surface area contributed by atoms with Gasteiger partial charge in [0.25, 0.3) is 0 Å². The number of aryl methyl sites for hydroxylation is 1. The van der Waals surface area contributed by atoms with Gasteiger partial charge >= 0.3 is 0 Å². The van der Waals surface area contributed by atoms with Crippen LogP contribution in [0, 0.1) is 5.92 Å². The van der Waals surface area contributed by atoms with Crippen molar-refractivity contribution in [3.63, 3.8) is 0 Å². The first-order valence-corrected chi connectivity index (χ1v) is 10.7. The first-order chi connectivity index (χ1) is 12.6. The molecule has 0 bridgehead atoms. The summed E-state index contributed by atoms with van der Waals surface area (Å²) in [7, 11) is 0. The highest BCUT2D eigenvalue weighted by atomic mass is 32.1. The van der Waals surface area contributed by atoms with Gasteiger partial charge in [0.1, 0.15) is 0 Å². The van der Waals surface area contributed by atoms with E-state index in [-0.39, 0.29) is 0 Å². The summed E-state index contributed by atoms with van der Waals surface area (Å²) in [5, 5.41) is 0. The van der Waals surface area contributed by atoms with Gasteiger partial charge in [0.2, 0.25) is 0 Å². The van der Waals surface area contributed by atoms with Crippen molar-refractivity contribution >= 4 is 12.6 Å². The molecule has 146 valence electrons. The molecule has 0 aliphatic rings. The van der Waals surface area contributed by atoms with Gasteiger partial charge in [-0.05, 0) is 54.9 Å². The van der Waals surface area contributed by atoms with E-state index < -0.39 is 0 Å². The Kier molecular flexibility index (Phi) is 17.7. The van der Waals surface area contributed by atoms with E-state index in [4.69, 9.17) is 0 Å². The van der Waals surface area contributed by atoms with Crippen LogP contribution in [0.2, 0.25) is 0 Å². The minimum Gasteiger partial charge on any atom is -0.144 e. The van der Waals surface area contributed by atoms with Crippen molar-refractivity contribution in [1.29, 1.82) is 0 Å². The normalized spacial score (nSPS) is 11.5. The summed E-state index contributed by atoms with van der Waals surface area (Å²) in [6, 6.07) is 10.8. The van der Waals surface area contributed by atoms with E-state index in [0.717, 1.165) is 17.2 Å². The molecule has 1 rings (SSSR count). The topological polar surface area (TPSA) is 0 Å². The van der Waals surface area contributed by atoms with Crippen LogP contribution in [0.1, 0.15) is 77.7 Å². The summed E-state index contributed by atoms with van der Waals surface area (Å²) in [6.07, 6.45) is 20.1. The molecule has 0 unspecified atom stereocenters. The van der Waals surface area contributed by atoms with Crippen LogP contribution in [-0.2, 0) is 6.42 Å². The highest BCUT2D eigenvalue weighted by Crippen LogP contribution is 2.10. The van der Waals surface area contributed by atoms with E-state index in [1.54, 1.807) is 6.08 Å². The third-order valence-electron chi connectivity index (χ3n) is 4.08. The van der Waals surface area contributed by atoms with Crippen molar-refractivity contribution in [2.24, 2.45) is 5.92 Å². The Morgan fingerprint density at radius 2 is 1.65 bits per heavy atom. The number of allylic oxidation sites excluding steroid dienone is 4. The molecule has 0 N–H and O–H groups in total. The highest BCUT2D eigenvalue weighted by molar-refractivity contribution is 7.84. The largest absolute Gasteiger partial charge is 0.144 e. The SMILES string of the molecule is C=C/C(S)=C\CC.CC(C)C/C=C\CCCCCCCc1ccccc1. The van der Waals surface area contributed by atoms with Gasteiger partial charge in [0.15, 0.2) is 0 Å². The number of hydrogen-bond acceptors (Lipinski definition) is 1. The molecule has 1 aromatic rings. The lowest BCUT2D eigenvalue weighted by molar-refractivity contribution is 0.615. The van der Waals surface area contributed by atoms with Crippen molar-refractivity contribution in [3.8, 4) is 0 Å². The van der Waals surface area contributed by atoms with Crippen molar-refractivity contribution in [2.45, 2.75) is 78.6 Å². The van der Waals surface area contributed by atoms with Gasteiger partial charge in [-0.2, -0.15) is 0 Å². The average Bonchev–Trinajstić information content (AvgIpc) is 2.64. The van der Waals surface area contributed by atoms with Crippen LogP contribution < -0.4 is 0 Å². The maximum atomic E-state index is 4.05. The standard InChI is InChI=1S/C19H30.C6H10S/c1-18(2)14-10-7-5-3-4-6-8-11-15-19-16-12-9-13-17-19;1-3-5-6(7)4-2/h7,9-10,12-13,16-18H,3-6,8,11,14-15H2,1-2H3;4-5,7H,2-3H2,1H3/b10-7-;6-5+. The Bertz CT molecular complexity index is 482. The van der Waals surface area contributed by atoms with E-state index in [0.29, 0.717) is 0 Å². The molecule has 1 aromatic carbocycles. The molecule has 26 heavy (non-hydrogen) atoms. The maximum Gasteiger partial charge on any atom is -0.000599 e. The molecule has 0 aliphatic carbocycles. The van der Waals surface area contributed by atoms with Gasteiger partial charge in [0.05, 0.1) is 0 Å². The minimum atomic E-state index is 0.800. The average molecular weight is 373 g/mol. The molecule has 0 nitrogen and oxygen atoms in total. The van der Waals surface area contributed by atoms with Crippen LogP contribution in [-0.4, -0.2) is 0 Å². The smallest absolute Gasteiger partial charge is 0.000599 e. The van der Waals surface area contributed by atoms with Gasteiger partial charge in [-0.3, -0.25) is 0 Å². The number of hydrogen-bond donors (Lipinski definition) is 1. The second-order valence-corrected chi connectivity index (χ2v) is 7.65. The maximum absolute atomic E-state index is 4.05. The second kappa shape index (κ2) is 18.6. The molecule has 0 saturated carbocycles. The fourth-order valence-electron chi connectivity index (χ4n) is 2.55. The third-order valence-corrected chi connectivity index (χ3v) is 4.44. The van der Waals surface area contributed by atoms with E-state index in [2.05, 4.69) is 82.5 Å². The lowest BCUT2D eigenvalue weighted by atomic mass is 10.0. The highest BCUT2D eigenvalue weighted by Gasteiger charge is 1.93. The second-order valence-electron chi connectivity index (χ2n) is 7.13. The lowest BCUT2D eigenvalue weighted by Crippen LogP contribution is -1.85. The molecule has 1 heteroatoms. The molecule has 0 atom stereocenters. The third kappa shape index (κ3) is 17.6. The van der Waals surface area contributed by atoms with Crippen molar-refractivity contribution in [3.05, 3.63) is 71.7 Å². The fraction of sp³-hybridized carbons (Fsp3) is 0.520. The monoisotopic (exact) mass is 372 g/mol. The predicted molar refractivity (Wildman–Crippen MR) is 124 cm³/mol. The molecule has 0 saturated heterocycles. The van der Waals surface area contributed by atoms with E-state index in [1.807, 2.05) is 6.08 Å². The Labute approximate surface area is 168 Å². The molecule has 0 aliphatic heterocycles. The number of thiol groups is 1. The summed E-state index contributed by atoms with van der Waals surface area (Å²) in [6.45, 7) is 10.2. The summed E-state index contributed by atoms with van der Waals surface area (Å²) in [5.41, 5.74) is 1.49. The van der Waals surface area contributed by atoms with Crippen LogP contribution in [0.5, 0.6) is 0 Å². The summed E-state index contributed by atoms with van der Waals surface area (Å²) in [5.74, 6) is 0.800. The Morgan fingerprint density at radius 1 is 1.00 bits per heavy atom. The van der Waals surface area contributed by atoms with Crippen molar-refractivity contribution in [1.82, 2.24) is 0 Å². The Balaban J connectivity index is 0.000000758. The zero-order valence-electron chi connectivity index (χ0n) is 17.3. The number of unbranched alkanes of at least 4 members (excludes halogenated alkanes) is 5. The first kappa shape index (κ1) is 24.8. The van der Waals surface area contributed by atoms with Crippen LogP contribution in [0.25, 0.3) is 0 Å². The predicted octanol–water partition coefficient (Wildman–Crippen LogP) is 8.57. The van der Waals surface area contributed by atoms with E-state index in [9.17, 15) is 0 Å². The summed E-state index contributed by atoms with van der Waals surface area (Å²) in [4.78, 5) is 0.961. The molecule has 0 aromatic heterocycles. The number of rotatable bonds is 12. The fourth-order valence-corrected chi connectivity index (χ4v) is 2.73. The van der Waals surface area contributed by atoms with Crippen molar-refractivity contribution in [2.75, 3.05) is 0 Å². The van der Waals surface area contributed by atoms with Crippen LogP contribution in [0.15, 0.2) is 66.1 Å². The van der Waals surface area contributed by atoms with Crippen LogP contribution in [0.3, 0.4) is 0 Å². The first-order valence-electron chi connectivity index (χ1n) is 10.3. The Morgan fingerprint density at radius 3 is 2.23 bits per heavy atom. The molecular weight excluding hydrogens is 332 g/mol. The van der Waals surface area contributed by atoms with Gasteiger partial charge in [-0.25, -0.2) is 0 Å². The van der Waals surface area contributed by atoms with Gasteiger partial charge in [-0.15, -0.1) is 12.6 Å². The summed E-state index contributed by atoms with van der Waals surface area (Å²) < 4.78 is 0. The molecular formula is C25H40S. The lowest BCUT2D eigenvalue weighted by Gasteiger charge is -2.01. The van der Waals surface area contributed by atoms with Crippen molar-refractivity contribution < 1.29 is 0 Å². The molecule has 0 fully saturated rings. The van der Waals surface area contributed by atoms with Gasteiger partial charge in [0, 0.05) is 0 Å². The molecule has 0 radical (unpaired) electrons. The van der Waals surface area contributed by atoms with E-state index in [1.165, 1.54) is 56.9 Å². The summed E-state index contributed by atoms with van der Waals surface area (Å²) >= 11 is 4.05. The minimum absolute atomic E-state index is 0.800. The van der Waals surface area contributed by atoms with E-state index >= 15 is 0 Å². The van der Waals surface area contributed by atoms with Crippen LogP contribution >= 0.6 is 12.6 Å². The van der Waals surface area contributed by atoms with Gasteiger partial charge in [-0.1, -0.05) is 101 Å². The zero-order chi connectivity index (χ0) is 19.5.